The van der Waals surface area contributed by atoms with Crippen molar-refractivity contribution in [2.75, 3.05) is 19.6 Å². The summed E-state index contributed by atoms with van der Waals surface area (Å²) < 4.78 is 2.11. The number of nitrogens with zero attached hydrogens (tertiary/aromatic N) is 2. The molecule has 1 aromatic heterocycles. The van der Waals surface area contributed by atoms with Crippen molar-refractivity contribution < 1.29 is 9.90 Å². The first-order chi connectivity index (χ1) is 8.09. The minimum absolute atomic E-state index is 0. The quantitative estimate of drug-likeness (QED) is 0.915. The first-order valence-electron chi connectivity index (χ1n) is 6.22. The molecule has 0 bridgehead atoms. The average molecular weight is 273 g/mol. The van der Waals surface area contributed by atoms with Crippen molar-refractivity contribution >= 4 is 18.4 Å². The third-order valence-corrected chi connectivity index (χ3v) is 3.64. The largest absolute Gasteiger partial charge is 0.478 e. The highest BCUT2D eigenvalue weighted by Gasteiger charge is 2.16. The highest BCUT2D eigenvalue weighted by atomic mass is 35.5. The van der Waals surface area contributed by atoms with Gasteiger partial charge in [-0.2, -0.15) is 0 Å². The standard InChI is InChI=1S/C13H20N2O2.ClH/c1-10-9-12(13(16)17)11(2)15(10)8-7-14-5-3-4-6-14;/h9H,3-8H2,1-2H3,(H,16,17);1H. The third kappa shape index (κ3) is 3.06. The van der Waals surface area contributed by atoms with Crippen LogP contribution in [0.5, 0.6) is 0 Å². The Balaban J connectivity index is 0.00000162. The lowest BCUT2D eigenvalue weighted by molar-refractivity contribution is 0.0696. The molecular weight excluding hydrogens is 252 g/mol. The fourth-order valence-electron chi connectivity index (χ4n) is 2.61. The molecule has 2 heterocycles. The maximum atomic E-state index is 11.0. The van der Waals surface area contributed by atoms with Crippen molar-refractivity contribution in [2.24, 2.45) is 0 Å². The van der Waals surface area contributed by atoms with Crippen LogP contribution in [-0.2, 0) is 6.54 Å². The minimum atomic E-state index is -0.828. The van der Waals surface area contributed by atoms with E-state index < -0.39 is 5.97 Å². The Kier molecular flexibility index (Phi) is 5.23. The molecule has 1 saturated heterocycles. The molecule has 0 aromatic carbocycles. The van der Waals surface area contributed by atoms with E-state index in [0.29, 0.717) is 5.56 Å². The van der Waals surface area contributed by atoms with Gasteiger partial charge in [-0.1, -0.05) is 0 Å². The van der Waals surface area contributed by atoms with E-state index >= 15 is 0 Å². The molecule has 1 aliphatic rings. The number of carboxylic acid groups (broad SMARTS) is 1. The zero-order chi connectivity index (χ0) is 12.4. The van der Waals surface area contributed by atoms with E-state index in [4.69, 9.17) is 5.11 Å². The van der Waals surface area contributed by atoms with E-state index in [1.807, 2.05) is 13.8 Å². The van der Waals surface area contributed by atoms with E-state index in [-0.39, 0.29) is 12.4 Å². The van der Waals surface area contributed by atoms with E-state index in [1.54, 1.807) is 6.07 Å². The molecule has 1 aliphatic heterocycles. The number of hydrogen-bond donors (Lipinski definition) is 1. The third-order valence-electron chi connectivity index (χ3n) is 3.64. The molecule has 18 heavy (non-hydrogen) atoms. The van der Waals surface area contributed by atoms with Gasteiger partial charge in [0.05, 0.1) is 5.56 Å². The highest BCUT2D eigenvalue weighted by molar-refractivity contribution is 5.89. The lowest BCUT2D eigenvalue weighted by atomic mass is 10.2. The predicted molar refractivity (Wildman–Crippen MR) is 73.8 cm³/mol. The van der Waals surface area contributed by atoms with Gasteiger partial charge in [0, 0.05) is 24.5 Å². The average Bonchev–Trinajstić information content (AvgIpc) is 2.86. The van der Waals surface area contributed by atoms with Crippen molar-refractivity contribution in [1.29, 1.82) is 0 Å². The Labute approximate surface area is 114 Å². The van der Waals surface area contributed by atoms with Crippen molar-refractivity contribution in [3.05, 3.63) is 23.0 Å². The van der Waals surface area contributed by atoms with Crippen molar-refractivity contribution in [1.82, 2.24) is 9.47 Å². The summed E-state index contributed by atoms with van der Waals surface area (Å²) >= 11 is 0. The Hall–Kier alpha value is -1.000. The van der Waals surface area contributed by atoms with Gasteiger partial charge in [-0.25, -0.2) is 4.79 Å². The van der Waals surface area contributed by atoms with Crippen LogP contribution in [0.3, 0.4) is 0 Å². The topological polar surface area (TPSA) is 45.5 Å². The Morgan fingerprint density at radius 3 is 2.39 bits per heavy atom. The van der Waals surface area contributed by atoms with Crippen LogP contribution in [0, 0.1) is 13.8 Å². The second kappa shape index (κ2) is 6.25. The molecule has 1 fully saturated rings. The molecular formula is C13H21ClN2O2. The monoisotopic (exact) mass is 272 g/mol. The SMILES string of the molecule is Cc1cc(C(=O)O)c(C)n1CCN1CCCC1.Cl. The number of likely N-dealkylation sites (tertiary alicyclic amines) is 1. The summed E-state index contributed by atoms with van der Waals surface area (Å²) in [4.78, 5) is 13.5. The fraction of sp³-hybridized carbons (Fsp3) is 0.615. The van der Waals surface area contributed by atoms with Gasteiger partial charge >= 0.3 is 5.97 Å². The molecule has 4 nitrogen and oxygen atoms in total. The number of aromatic carboxylic acids is 1. The fourth-order valence-corrected chi connectivity index (χ4v) is 2.61. The maximum absolute atomic E-state index is 11.0. The molecule has 0 spiro atoms. The Morgan fingerprint density at radius 1 is 1.28 bits per heavy atom. The van der Waals surface area contributed by atoms with Crippen LogP contribution >= 0.6 is 12.4 Å². The molecule has 5 heteroatoms. The number of rotatable bonds is 4. The van der Waals surface area contributed by atoms with Gasteiger partial charge in [0.25, 0.3) is 0 Å². The van der Waals surface area contributed by atoms with Crippen LogP contribution in [0.1, 0.15) is 34.6 Å². The molecule has 0 radical (unpaired) electrons. The summed E-state index contributed by atoms with van der Waals surface area (Å²) in [6.07, 6.45) is 2.59. The van der Waals surface area contributed by atoms with Gasteiger partial charge < -0.3 is 14.6 Å². The number of aromatic nitrogens is 1. The van der Waals surface area contributed by atoms with E-state index in [0.717, 1.165) is 24.5 Å². The summed E-state index contributed by atoms with van der Waals surface area (Å²) in [5, 5.41) is 9.06. The minimum Gasteiger partial charge on any atom is -0.478 e. The summed E-state index contributed by atoms with van der Waals surface area (Å²) in [6, 6.07) is 1.77. The predicted octanol–water partition coefficient (Wildman–Crippen LogP) is 2.32. The maximum Gasteiger partial charge on any atom is 0.337 e. The van der Waals surface area contributed by atoms with E-state index in [1.165, 1.54) is 25.9 Å². The van der Waals surface area contributed by atoms with Crippen LogP contribution in [0.4, 0.5) is 0 Å². The number of hydrogen-bond acceptors (Lipinski definition) is 2. The highest BCUT2D eigenvalue weighted by Crippen LogP contribution is 2.16. The van der Waals surface area contributed by atoms with Crippen molar-refractivity contribution in [2.45, 2.75) is 33.2 Å². The van der Waals surface area contributed by atoms with Gasteiger partial charge in [-0.3, -0.25) is 0 Å². The summed E-state index contributed by atoms with van der Waals surface area (Å²) in [5.41, 5.74) is 2.34. The smallest absolute Gasteiger partial charge is 0.337 e. The zero-order valence-corrected chi connectivity index (χ0v) is 11.8. The Morgan fingerprint density at radius 2 is 1.89 bits per heavy atom. The van der Waals surface area contributed by atoms with Gasteiger partial charge in [0.1, 0.15) is 0 Å². The number of halogens is 1. The Bertz CT molecular complexity index is 423. The van der Waals surface area contributed by atoms with E-state index in [2.05, 4.69) is 9.47 Å². The van der Waals surface area contributed by atoms with Gasteiger partial charge in [-0.15, -0.1) is 12.4 Å². The van der Waals surface area contributed by atoms with Crippen LogP contribution in [0.25, 0.3) is 0 Å². The number of carboxylic acids is 1. The summed E-state index contributed by atoms with van der Waals surface area (Å²) in [7, 11) is 0. The second-order valence-electron chi connectivity index (χ2n) is 4.79. The van der Waals surface area contributed by atoms with Crippen LogP contribution in [-0.4, -0.2) is 40.2 Å². The molecule has 0 aliphatic carbocycles. The lowest BCUT2D eigenvalue weighted by Gasteiger charge is -2.17. The second-order valence-corrected chi connectivity index (χ2v) is 4.79. The zero-order valence-electron chi connectivity index (χ0n) is 11.0. The first kappa shape index (κ1) is 15.1. The molecule has 1 aromatic rings. The first-order valence-corrected chi connectivity index (χ1v) is 6.22. The molecule has 0 atom stereocenters. The van der Waals surface area contributed by atoms with Crippen LogP contribution < -0.4 is 0 Å². The van der Waals surface area contributed by atoms with E-state index in [9.17, 15) is 4.79 Å². The van der Waals surface area contributed by atoms with Gasteiger partial charge in [0.2, 0.25) is 0 Å². The summed E-state index contributed by atoms with van der Waals surface area (Å²) in [6.45, 7) is 8.15. The van der Waals surface area contributed by atoms with Crippen LogP contribution in [0.2, 0.25) is 0 Å². The molecule has 1 N–H and O–H groups in total. The van der Waals surface area contributed by atoms with Gasteiger partial charge in [-0.05, 0) is 45.8 Å². The number of aryl methyl sites for hydroxylation is 1. The lowest BCUT2D eigenvalue weighted by Crippen LogP contribution is -2.24. The van der Waals surface area contributed by atoms with Crippen molar-refractivity contribution in [3.8, 4) is 0 Å². The number of carbonyl (C=O) groups is 1. The van der Waals surface area contributed by atoms with Gasteiger partial charge in [0.15, 0.2) is 0 Å². The molecule has 0 amide bonds. The van der Waals surface area contributed by atoms with Crippen LogP contribution in [0.15, 0.2) is 6.07 Å². The molecule has 102 valence electrons. The molecule has 0 unspecified atom stereocenters. The summed E-state index contributed by atoms with van der Waals surface area (Å²) in [5.74, 6) is -0.828. The normalized spacial score (nSPS) is 15.7. The van der Waals surface area contributed by atoms with Crippen molar-refractivity contribution in [3.63, 3.8) is 0 Å². The molecule has 0 saturated carbocycles. The molecule has 2 rings (SSSR count).